The molecule has 2 fully saturated rings. The molecule has 1 saturated carbocycles. The monoisotopic (exact) mass is 482 g/mol. The van der Waals surface area contributed by atoms with Crippen molar-refractivity contribution in [3.63, 3.8) is 0 Å². The second kappa shape index (κ2) is 9.41. The predicted molar refractivity (Wildman–Crippen MR) is 111 cm³/mol. The molecule has 0 radical (unpaired) electrons. The van der Waals surface area contributed by atoms with Crippen LogP contribution in [0.2, 0.25) is 10.0 Å². The molecule has 6 atom stereocenters. The number of rotatable bonds is 4. The molecule has 1 saturated heterocycles. The minimum Gasteiger partial charge on any atom is -0.387 e. The maximum atomic E-state index is 13.1. The maximum Gasteiger partial charge on any atom is 0.414 e. The first kappa shape index (κ1) is 24.6. The summed E-state index contributed by atoms with van der Waals surface area (Å²) in [5, 5.41) is 20.1. The van der Waals surface area contributed by atoms with Gasteiger partial charge in [-0.05, 0) is 50.9 Å². The van der Waals surface area contributed by atoms with Gasteiger partial charge in [0.15, 0.2) is 6.10 Å². The Kier molecular flexibility index (Phi) is 7.46. The summed E-state index contributed by atoms with van der Waals surface area (Å²) in [5.41, 5.74) is 0.611. The molecule has 2 N–H and O–H groups in total. The lowest BCUT2D eigenvalue weighted by Crippen LogP contribution is -2.55. The van der Waals surface area contributed by atoms with Crippen LogP contribution >= 0.6 is 23.2 Å². The molecular weight excluding hydrogens is 456 g/mol. The Morgan fingerprint density at radius 1 is 1.26 bits per heavy atom. The molecule has 3 rings (SSSR count). The van der Waals surface area contributed by atoms with Gasteiger partial charge in [0.2, 0.25) is 5.91 Å². The molecule has 2 heterocycles. The number of carbonyl (C=O) groups excluding carboxylic acids is 1. The summed E-state index contributed by atoms with van der Waals surface area (Å²) < 4.78 is 39.4. The van der Waals surface area contributed by atoms with Gasteiger partial charge in [-0.2, -0.15) is 13.2 Å². The number of aromatic nitrogens is 1. The van der Waals surface area contributed by atoms with E-state index in [2.05, 4.69) is 4.98 Å². The lowest BCUT2D eigenvalue weighted by molar-refractivity contribution is -0.233. The summed E-state index contributed by atoms with van der Waals surface area (Å²) in [7, 11) is 0. The van der Waals surface area contributed by atoms with E-state index in [9.17, 15) is 28.2 Å². The number of hydrogen-bond donors (Lipinski definition) is 2. The van der Waals surface area contributed by atoms with Gasteiger partial charge in [-0.1, -0.05) is 29.6 Å². The average molecular weight is 483 g/mol. The number of pyridine rings is 1. The number of carbonyl (C=O) groups is 1. The molecule has 10 heteroatoms. The summed E-state index contributed by atoms with van der Waals surface area (Å²) in [6.45, 7) is 3.68. The van der Waals surface area contributed by atoms with Gasteiger partial charge in [0.05, 0.1) is 28.3 Å². The third kappa shape index (κ3) is 4.97. The normalized spacial score (nSPS) is 28.7. The number of nitrogens with zero attached hydrogens (tertiary/aromatic N) is 2. The van der Waals surface area contributed by atoms with E-state index in [1.807, 2.05) is 6.92 Å². The van der Waals surface area contributed by atoms with E-state index in [1.165, 1.54) is 13.1 Å². The molecule has 1 aromatic heterocycles. The van der Waals surface area contributed by atoms with Crippen molar-refractivity contribution in [1.29, 1.82) is 0 Å². The van der Waals surface area contributed by atoms with Crippen LogP contribution in [0.4, 0.5) is 13.2 Å². The Labute approximate surface area is 189 Å². The van der Waals surface area contributed by atoms with E-state index >= 15 is 0 Å². The Hall–Kier alpha value is -1.09. The summed E-state index contributed by atoms with van der Waals surface area (Å²) in [6.07, 6.45) is -4.57. The number of fused-ring (bicyclic) bond motifs is 1. The van der Waals surface area contributed by atoms with Crippen molar-refractivity contribution in [2.45, 2.75) is 70.4 Å². The number of halogens is 5. The van der Waals surface area contributed by atoms with Gasteiger partial charge in [-0.3, -0.25) is 9.78 Å². The predicted octanol–water partition coefficient (Wildman–Crippen LogP) is 4.56. The molecule has 0 spiro atoms. The number of likely N-dealkylation sites (tertiary alicyclic amines) is 1. The van der Waals surface area contributed by atoms with Crippen molar-refractivity contribution in [2.75, 3.05) is 6.54 Å². The SMILES string of the molecule is CC(O)c1ncc(Cl)c(CC(=O)N2CC[C@@H]3[C@H](CCC[C@H]3C(O)C(F)(F)F)[C@@H]2C)c1Cl. The molecule has 2 unspecified atom stereocenters. The first-order valence-electron chi connectivity index (χ1n) is 10.5. The first-order chi connectivity index (χ1) is 14.4. The second-order valence-electron chi connectivity index (χ2n) is 8.66. The standard InChI is InChI=1S/C21H27Cl2F3N2O3/c1-10-12-4-3-5-14(20(31)21(24,25)26)13(12)6-7-28(10)17(30)8-15-16(22)9-27-19(11(2)29)18(15)23/h9-14,20,29,31H,3-8H2,1-2H3/t10-,11?,12+,13+,14+,20?/m0/s1. The quantitative estimate of drug-likeness (QED) is 0.659. The fraction of sp³-hybridized carbons (Fsp3) is 0.714. The third-order valence-electron chi connectivity index (χ3n) is 6.87. The van der Waals surface area contributed by atoms with E-state index in [1.54, 1.807) is 4.90 Å². The molecule has 1 amide bonds. The molecule has 2 aliphatic rings. The molecular formula is C21H27Cl2F3N2O3. The second-order valence-corrected chi connectivity index (χ2v) is 9.45. The highest BCUT2D eigenvalue weighted by molar-refractivity contribution is 6.36. The zero-order chi connectivity index (χ0) is 23.1. The summed E-state index contributed by atoms with van der Waals surface area (Å²) >= 11 is 12.5. The molecule has 174 valence electrons. The van der Waals surface area contributed by atoms with Gasteiger partial charge >= 0.3 is 6.18 Å². The highest BCUT2D eigenvalue weighted by atomic mass is 35.5. The fourth-order valence-electron chi connectivity index (χ4n) is 5.30. The van der Waals surface area contributed by atoms with E-state index in [0.29, 0.717) is 31.4 Å². The molecule has 1 aliphatic carbocycles. The highest BCUT2D eigenvalue weighted by Gasteiger charge is 2.51. The van der Waals surface area contributed by atoms with Crippen molar-refractivity contribution in [2.24, 2.45) is 17.8 Å². The van der Waals surface area contributed by atoms with Crippen LogP contribution in [-0.4, -0.2) is 50.9 Å². The van der Waals surface area contributed by atoms with E-state index < -0.39 is 24.3 Å². The van der Waals surface area contributed by atoms with Crippen LogP contribution in [0.25, 0.3) is 0 Å². The number of piperidine rings is 1. The van der Waals surface area contributed by atoms with Crippen molar-refractivity contribution in [3.05, 3.63) is 27.5 Å². The van der Waals surface area contributed by atoms with Crippen LogP contribution in [0.15, 0.2) is 6.20 Å². The van der Waals surface area contributed by atoms with Gasteiger partial charge in [0.25, 0.3) is 0 Å². The van der Waals surface area contributed by atoms with E-state index in [-0.39, 0.29) is 45.9 Å². The number of aliphatic hydroxyl groups is 2. The Morgan fingerprint density at radius 2 is 1.94 bits per heavy atom. The zero-order valence-electron chi connectivity index (χ0n) is 17.4. The summed E-state index contributed by atoms with van der Waals surface area (Å²) in [4.78, 5) is 18.8. The smallest absolute Gasteiger partial charge is 0.387 e. The number of amides is 1. The van der Waals surface area contributed by atoms with Crippen LogP contribution in [0.3, 0.4) is 0 Å². The summed E-state index contributed by atoms with van der Waals surface area (Å²) in [6, 6.07) is -0.259. The van der Waals surface area contributed by atoms with Gasteiger partial charge in [0.1, 0.15) is 0 Å². The number of hydrogen-bond acceptors (Lipinski definition) is 4. The Bertz CT molecular complexity index is 822. The van der Waals surface area contributed by atoms with Crippen molar-refractivity contribution in [3.8, 4) is 0 Å². The fourth-order valence-corrected chi connectivity index (χ4v) is 5.93. The molecule has 1 aliphatic heterocycles. The van der Waals surface area contributed by atoms with Crippen molar-refractivity contribution >= 4 is 29.1 Å². The van der Waals surface area contributed by atoms with Crippen molar-refractivity contribution < 1.29 is 28.2 Å². The molecule has 1 aromatic rings. The largest absolute Gasteiger partial charge is 0.414 e. The maximum absolute atomic E-state index is 13.1. The zero-order valence-corrected chi connectivity index (χ0v) is 18.9. The summed E-state index contributed by atoms with van der Waals surface area (Å²) in [5.74, 6) is -1.45. The lowest BCUT2D eigenvalue weighted by Gasteiger charge is -2.50. The highest BCUT2D eigenvalue weighted by Crippen LogP contribution is 2.47. The van der Waals surface area contributed by atoms with Crippen LogP contribution < -0.4 is 0 Å². The van der Waals surface area contributed by atoms with Gasteiger partial charge in [-0.25, -0.2) is 0 Å². The van der Waals surface area contributed by atoms with Crippen LogP contribution in [0, 0.1) is 17.8 Å². The van der Waals surface area contributed by atoms with Crippen LogP contribution in [0.1, 0.15) is 56.9 Å². The minimum absolute atomic E-state index is 0.0871. The van der Waals surface area contributed by atoms with Crippen LogP contribution in [0.5, 0.6) is 0 Å². The first-order valence-corrected chi connectivity index (χ1v) is 11.2. The number of alkyl halides is 3. The number of aliphatic hydroxyl groups excluding tert-OH is 2. The van der Waals surface area contributed by atoms with E-state index in [0.717, 1.165) is 6.42 Å². The third-order valence-corrected chi connectivity index (χ3v) is 7.62. The van der Waals surface area contributed by atoms with Crippen LogP contribution in [-0.2, 0) is 11.2 Å². The topological polar surface area (TPSA) is 73.7 Å². The Balaban J connectivity index is 1.77. The average Bonchev–Trinajstić information content (AvgIpc) is 2.69. The lowest BCUT2D eigenvalue weighted by atomic mass is 9.64. The minimum atomic E-state index is -4.64. The Morgan fingerprint density at radius 3 is 2.55 bits per heavy atom. The van der Waals surface area contributed by atoms with Gasteiger partial charge in [-0.15, -0.1) is 0 Å². The molecule has 5 nitrogen and oxygen atoms in total. The van der Waals surface area contributed by atoms with E-state index in [4.69, 9.17) is 23.2 Å². The van der Waals surface area contributed by atoms with Gasteiger partial charge in [0, 0.05) is 24.3 Å². The van der Waals surface area contributed by atoms with Crippen molar-refractivity contribution in [1.82, 2.24) is 9.88 Å². The van der Waals surface area contributed by atoms with Gasteiger partial charge < -0.3 is 15.1 Å². The molecule has 31 heavy (non-hydrogen) atoms. The molecule has 0 bridgehead atoms. The molecule has 0 aromatic carbocycles.